The molecule has 0 radical (unpaired) electrons. The highest BCUT2D eigenvalue weighted by molar-refractivity contribution is 5.82. The van der Waals surface area contributed by atoms with Crippen LogP contribution >= 0.6 is 0 Å². The van der Waals surface area contributed by atoms with Crippen molar-refractivity contribution in [1.82, 2.24) is 10.6 Å². The summed E-state index contributed by atoms with van der Waals surface area (Å²) in [6, 6.07) is 20.5. The van der Waals surface area contributed by atoms with Crippen LogP contribution in [-0.2, 0) is 16.0 Å². The van der Waals surface area contributed by atoms with Gasteiger partial charge in [-0.05, 0) is 17.5 Å². The Hall–Kier alpha value is -2.17. The minimum Gasteiger partial charge on any atom is -0.378 e. The molecule has 2 N–H and O–H groups in total. The molecule has 1 amide bonds. The summed E-state index contributed by atoms with van der Waals surface area (Å²) in [5, 5.41) is 6.28. The number of carbonyl (C=O) groups excluding carboxylic acids is 1. The third kappa shape index (κ3) is 4.66. The number of hydrogen-bond acceptors (Lipinski definition) is 3. The lowest BCUT2D eigenvalue weighted by Crippen LogP contribution is -2.51. The molecule has 24 heavy (non-hydrogen) atoms. The van der Waals surface area contributed by atoms with Crippen molar-refractivity contribution >= 4 is 5.91 Å². The topological polar surface area (TPSA) is 50.4 Å². The van der Waals surface area contributed by atoms with Crippen molar-refractivity contribution in [3.05, 3.63) is 71.8 Å². The molecule has 1 aliphatic rings. The van der Waals surface area contributed by atoms with Crippen LogP contribution in [0, 0.1) is 0 Å². The Morgan fingerprint density at radius 2 is 1.83 bits per heavy atom. The third-order valence-electron chi connectivity index (χ3n) is 4.36. The summed E-state index contributed by atoms with van der Waals surface area (Å²) in [5.41, 5.74) is 2.52. The molecular formula is C20H24N2O2. The van der Waals surface area contributed by atoms with Gasteiger partial charge >= 0.3 is 0 Å². The first kappa shape index (κ1) is 16.7. The lowest BCUT2D eigenvalue weighted by molar-refractivity contribution is -0.125. The molecule has 126 valence electrons. The van der Waals surface area contributed by atoms with Gasteiger partial charge in [-0.25, -0.2) is 0 Å². The zero-order valence-electron chi connectivity index (χ0n) is 13.8. The summed E-state index contributed by atoms with van der Waals surface area (Å²) < 4.78 is 5.37. The Labute approximate surface area is 143 Å². The zero-order chi connectivity index (χ0) is 16.6. The van der Waals surface area contributed by atoms with Crippen molar-refractivity contribution in [3.8, 4) is 0 Å². The van der Waals surface area contributed by atoms with Gasteiger partial charge in [-0.15, -0.1) is 0 Å². The largest absolute Gasteiger partial charge is 0.378 e. The molecule has 0 aromatic heterocycles. The number of nitrogens with one attached hydrogen (secondary N) is 2. The van der Waals surface area contributed by atoms with Crippen molar-refractivity contribution in [2.24, 2.45) is 0 Å². The van der Waals surface area contributed by atoms with Crippen molar-refractivity contribution in [2.75, 3.05) is 26.3 Å². The maximum absolute atomic E-state index is 12.3. The van der Waals surface area contributed by atoms with E-state index in [-0.39, 0.29) is 17.9 Å². The molecule has 1 aliphatic heterocycles. The molecule has 0 aliphatic carbocycles. The van der Waals surface area contributed by atoms with Gasteiger partial charge in [0, 0.05) is 19.0 Å². The van der Waals surface area contributed by atoms with E-state index < -0.39 is 0 Å². The molecule has 4 heteroatoms. The molecule has 1 saturated heterocycles. The van der Waals surface area contributed by atoms with Gasteiger partial charge < -0.3 is 15.4 Å². The minimum atomic E-state index is -0.244. The molecule has 2 atom stereocenters. The van der Waals surface area contributed by atoms with E-state index in [1.54, 1.807) is 0 Å². The molecule has 2 aromatic carbocycles. The van der Waals surface area contributed by atoms with Gasteiger partial charge in [0.05, 0.1) is 13.2 Å². The van der Waals surface area contributed by atoms with Crippen LogP contribution < -0.4 is 10.6 Å². The van der Waals surface area contributed by atoms with E-state index in [1.165, 1.54) is 11.1 Å². The van der Waals surface area contributed by atoms with Crippen LogP contribution in [0.4, 0.5) is 0 Å². The SMILES string of the molecule is O=C(NC[C@H](Cc1ccccc1)c1ccccc1)[C@@H]1COCCN1. The maximum Gasteiger partial charge on any atom is 0.239 e. The summed E-state index contributed by atoms with van der Waals surface area (Å²) in [6.45, 7) is 2.46. The highest BCUT2D eigenvalue weighted by Gasteiger charge is 2.22. The number of carbonyl (C=O) groups is 1. The summed E-state index contributed by atoms with van der Waals surface area (Å²) in [5.74, 6) is 0.269. The lowest BCUT2D eigenvalue weighted by atomic mass is 9.92. The first-order valence-electron chi connectivity index (χ1n) is 8.50. The standard InChI is InChI=1S/C20H24N2O2/c23-20(19-15-24-12-11-21-19)22-14-18(17-9-5-2-6-10-17)13-16-7-3-1-4-8-16/h1-10,18-19,21H,11-15H2,(H,22,23)/t18-,19-/m0/s1. The highest BCUT2D eigenvalue weighted by atomic mass is 16.5. The molecule has 1 heterocycles. The van der Waals surface area contributed by atoms with Crippen LogP contribution in [0.2, 0.25) is 0 Å². The Morgan fingerprint density at radius 3 is 2.50 bits per heavy atom. The fourth-order valence-electron chi connectivity index (χ4n) is 3.01. The Morgan fingerprint density at radius 1 is 1.12 bits per heavy atom. The van der Waals surface area contributed by atoms with Crippen molar-refractivity contribution in [2.45, 2.75) is 18.4 Å². The predicted molar refractivity (Wildman–Crippen MR) is 94.9 cm³/mol. The van der Waals surface area contributed by atoms with Crippen LogP contribution in [0.1, 0.15) is 17.0 Å². The van der Waals surface area contributed by atoms with Gasteiger partial charge in [-0.3, -0.25) is 4.79 Å². The number of ether oxygens (including phenoxy) is 1. The summed E-state index contributed by atoms with van der Waals surface area (Å²) in [7, 11) is 0. The van der Waals surface area contributed by atoms with E-state index in [0.717, 1.165) is 13.0 Å². The molecule has 3 rings (SSSR count). The lowest BCUT2D eigenvalue weighted by Gasteiger charge is -2.24. The molecule has 0 spiro atoms. The fraction of sp³-hybridized carbons (Fsp3) is 0.350. The number of hydrogen-bond donors (Lipinski definition) is 2. The average molecular weight is 324 g/mol. The number of rotatable bonds is 6. The second-order valence-corrected chi connectivity index (χ2v) is 6.12. The molecule has 2 aromatic rings. The second-order valence-electron chi connectivity index (χ2n) is 6.12. The van der Waals surface area contributed by atoms with Crippen LogP contribution in [0.3, 0.4) is 0 Å². The van der Waals surface area contributed by atoms with Gasteiger partial charge in [0.1, 0.15) is 6.04 Å². The first-order chi connectivity index (χ1) is 11.8. The second kappa shape index (κ2) is 8.62. The van der Waals surface area contributed by atoms with E-state index in [2.05, 4.69) is 47.0 Å². The zero-order valence-corrected chi connectivity index (χ0v) is 13.8. The normalized spacial score (nSPS) is 18.8. The van der Waals surface area contributed by atoms with Gasteiger partial charge in [0.25, 0.3) is 0 Å². The van der Waals surface area contributed by atoms with Crippen LogP contribution in [0.5, 0.6) is 0 Å². The molecule has 0 bridgehead atoms. The van der Waals surface area contributed by atoms with Crippen molar-refractivity contribution in [3.63, 3.8) is 0 Å². The third-order valence-corrected chi connectivity index (χ3v) is 4.36. The summed E-state index contributed by atoms with van der Waals surface area (Å²) in [6.07, 6.45) is 0.903. The molecular weight excluding hydrogens is 300 g/mol. The molecule has 1 fully saturated rings. The molecule has 0 saturated carbocycles. The van der Waals surface area contributed by atoms with E-state index in [0.29, 0.717) is 19.8 Å². The maximum atomic E-state index is 12.3. The van der Waals surface area contributed by atoms with E-state index in [1.807, 2.05) is 24.3 Å². The van der Waals surface area contributed by atoms with Crippen LogP contribution in [-0.4, -0.2) is 38.3 Å². The van der Waals surface area contributed by atoms with Gasteiger partial charge in [0.2, 0.25) is 5.91 Å². The molecule has 4 nitrogen and oxygen atoms in total. The predicted octanol–water partition coefficient (Wildman–Crippen LogP) is 2.12. The Kier molecular flexibility index (Phi) is 5.99. The summed E-state index contributed by atoms with van der Waals surface area (Å²) in [4.78, 5) is 12.3. The van der Waals surface area contributed by atoms with E-state index >= 15 is 0 Å². The van der Waals surface area contributed by atoms with E-state index in [4.69, 9.17) is 4.74 Å². The van der Waals surface area contributed by atoms with Gasteiger partial charge in [-0.2, -0.15) is 0 Å². The Bertz CT molecular complexity index is 625. The first-order valence-corrected chi connectivity index (χ1v) is 8.50. The van der Waals surface area contributed by atoms with Crippen LogP contribution in [0.15, 0.2) is 60.7 Å². The average Bonchev–Trinajstić information content (AvgIpc) is 2.67. The van der Waals surface area contributed by atoms with E-state index in [9.17, 15) is 4.79 Å². The smallest absolute Gasteiger partial charge is 0.239 e. The van der Waals surface area contributed by atoms with Crippen molar-refractivity contribution in [1.29, 1.82) is 0 Å². The van der Waals surface area contributed by atoms with Crippen molar-refractivity contribution < 1.29 is 9.53 Å². The minimum absolute atomic E-state index is 0.0173. The monoisotopic (exact) mass is 324 g/mol. The fourth-order valence-corrected chi connectivity index (χ4v) is 3.01. The number of morpholine rings is 1. The highest BCUT2D eigenvalue weighted by Crippen LogP contribution is 2.20. The van der Waals surface area contributed by atoms with Crippen LogP contribution in [0.25, 0.3) is 0 Å². The molecule has 0 unspecified atom stereocenters. The van der Waals surface area contributed by atoms with Gasteiger partial charge in [0.15, 0.2) is 0 Å². The quantitative estimate of drug-likeness (QED) is 0.856. The number of benzene rings is 2. The Balaban J connectivity index is 1.64. The number of amides is 1. The van der Waals surface area contributed by atoms with Gasteiger partial charge in [-0.1, -0.05) is 60.7 Å². The summed E-state index contributed by atoms with van der Waals surface area (Å²) >= 11 is 0.